The molecule has 0 aromatic heterocycles. The molecule has 0 atom stereocenters. The topological polar surface area (TPSA) is 54.9 Å². The summed E-state index contributed by atoms with van der Waals surface area (Å²) in [6.07, 6.45) is 5.20. The minimum absolute atomic E-state index is 0.362. The smallest absolute Gasteiger partial charge is 0.190 e. The van der Waals surface area contributed by atoms with Gasteiger partial charge in [0.25, 0.3) is 0 Å². The van der Waals surface area contributed by atoms with Crippen LogP contribution in [0.2, 0.25) is 10.0 Å². The molecule has 0 spiro atoms. The molecule has 1 fully saturated rings. The van der Waals surface area contributed by atoms with Gasteiger partial charge in [-0.2, -0.15) is 0 Å². The van der Waals surface area contributed by atoms with Crippen LogP contribution in [-0.2, 0) is 15.9 Å². The molecule has 26 heavy (non-hydrogen) atoms. The molecular formula is C19H29Cl2N3O2. The molecule has 1 aliphatic heterocycles. The van der Waals surface area contributed by atoms with Crippen molar-refractivity contribution in [1.82, 2.24) is 10.6 Å². The fraction of sp³-hybridized carbons (Fsp3) is 0.632. The lowest BCUT2D eigenvalue weighted by molar-refractivity contribution is -0.0320. The zero-order valence-corrected chi connectivity index (χ0v) is 16.9. The molecule has 0 aliphatic carbocycles. The molecule has 5 nitrogen and oxygen atoms in total. The average Bonchev–Trinajstić information content (AvgIpc) is 2.65. The number of hydrogen-bond acceptors (Lipinski definition) is 3. The average molecular weight is 402 g/mol. The summed E-state index contributed by atoms with van der Waals surface area (Å²) in [5.74, 6) is 0.818. The number of aliphatic imine (C=N–C) groups is 1. The zero-order chi connectivity index (χ0) is 18.6. The summed E-state index contributed by atoms with van der Waals surface area (Å²) in [5, 5.41) is 8.03. The SMILES string of the molecule is CN=C(NCCCOC1CCOCC1)NCCCc1ccc(Cl)cc1Cl. The van der Waals surface area contributed by atoms with Gasteiger partial charge in [0.05, 0.1) is 6.10 Å². The van der Waals surface area contributed by atoms with E-state index in [1.54, 1.807) is 13.1 Å². The van der Waals surface area contributed by atoms with Crippen molar-refractivity contribution in [3.05, 3.63) is 33.8 Å². The second kappa shape index (κ2) is 12.4. The minimum atomic E-state index is 0.362. The van der Waals surface area contributed by atoms with E-state index in [0.717, 1.165) is 81.6 Å². The number of aryl methyl sites for hydroxylation is 1. The predicted octanol–water partition coefficient (Wildman–Crippen LogP) is 3.68. The Morgan fingerprint density at radius 3 is 2.62 bits per heavy atom. The molecule has 1 aromatic carbocycles. The van der Waals surface area contributed by atoms with Crippen LogP contribution < -0.4 is 10.6 Å². The zero-order valence-electron chi connectivity index (χ0n) is 15.4. The van der Waals surface area contributed by atoms with Gasteiger partial charge in [0, 0.05) is 50.0 Å². The highest BCUT2D eigenvalue weighted by Gasteiger charge is 2.13. The molecule has 0 saturated carbocycles. The van der Waals surface area contributed by atoms with Crippen LogP contribution in [0.1, 0.15) is 31.2 Å². The Kier molecular flexibility index (Phi) is 10.1. The van der Waals surface area contributed by atoms with Crippen molar-refractivity contribution in [2.75, 3.05) is 40.0 Å². The maximum atomic E-state index is 6.19. The Morgan fingerprint density at radius 2 is 1.92 bits per heavy atom. The van der Waals surface area contributed by atoms with Gasteiger partial charge in [0.1, 0.15) is 0 Å². The lowest BCUT2D eigenvalue weighted by Gasteiger charge is -2.22. The Bertz CT molecular complexity index is 564. The fourth-order valence-electron chi connectivity index (χ4n) is 2.80. The fourth-order valence-corrected chi connectivity index (χ4v) is 3.31. The summed E-state index contributed by atoms with van der Waals surface area (Å²) in [6, 6.07) is 5.64. The van der Waals surface area contributed by atoms with Gasteiger partial charge in [-0.05, 0) is 49.8 Å². The van der Waals surface area contributed by atoms with Gasteiger partial charge >= 0.3 is 0 Å². The first kappa shape index (κ1) is 21.3. The number of hydrogen-bond donors (Lipinski definition) is 2. The molecule has 1 aliphatic rings. The summed E-state index contributed by atoms with van der Waals surface area (Å²) >= 11 is 12.1. The molecule has 7 heteroatoms. The number of ether oxygens (including phenoxy) is 2. The molecule has 1 saturated heterocycles. The van der Waals surface area contributed by atoms with Crippen molar-refractivity contribution < 1.29 is 9.47 Å². The molecule has 1 aromatic rings. The molecule has 2 rings (SSSR count). The normalized spacial score (nSPS) is 15.9. The van der Waals surface area contributed by atoms with Crippen molar-refractivity contribution >= 4 is 29.2 Å². The van der Waals surface area contributed by atoms with E-state index in [4.69, 9.17) is 32.7 Å². The van der Waals surface area contributed by atoms with Gasteiger partial charge in [0.2, 0.25) is 0 Å². The van der Waals surface area contributed by atoms with Crippen molar-refractivity contribution in [3.8, 4) is 0 Å². The molecule has 1 heterocycles. The van der Waals surface area contributed by atoms with Crippen LogP contribution in [0.25, 0.3) is 0 Å². The largest absolute Gasteiger partial charge is 0.381 e. The molecule has 0 amide bonds. The number of halogens is 2. The van der Waals surface area contributed by atoms with Crippen LogP contribution in [0.15, 0.2) is 23.2 Å². The summed E-state index contributed by atoms with van der Waals surface area (Å²) < 4.78 is 11.2. The van der Waals surface area contributed by atoms with Crippen LogP contribution in [0.5, 0.6) is 0 Å². The summed E-state index contributed by atoms with van der Waals surface area (Å²) in [4.78, 5) is 4.24. The van der Waals surface area contributed by atoms with Crippen molar-refractivity contribution in [2.24, 2.45) is 4.99 Å². The van der Waals surface area contributed by atoms with Gasteiger partial charge in [-0.25, -0.2) is 0 Å². The van der Waals surface area contributed by atoms with Crippen molar-refractivity contribution in [1.29, 1.82) is 0 Å². The van der Waals surface area contributed by atoms with Crippen molar-refractivity contribution in [3.63, 3.8) is 0 Å². The van der Waals surface area contributed by atoms with E-state index in [9.17, 15) is 0 Å². The number of rotatable bonds is 9. The summed E-state index contributed by atoms with van der Waals surface area (Å²) in [5.41, 5.74) is 1.12. The molecular weight excluding hydrogens is 373 g/mol. The van der Waals surface area contributed by atoms with Crippen LogP contribution in [0.3, 0.4) is 0 Å². The first-order valence-electron chi connectivity index (χ1n) is 9.27. The van der Waals surface area contributed by atoms with Crippen molar-refractivity contribution in [2.45, 2.75) is 38.2 Å². The van der Waals surface area contributed by atoms with E-state index in [2.05, 4.69) is 15.6 Å². The predicted molar refractivity (Wildman–Crippen MR) is 109 cm³/mol. The molecule has 2 N–H and O–H groups in total. The highest BCUT2D eigenvalue weighted by atomic mass is 35.5. The van der Waals surface area contributed by atoms with E-state index < -0.39 is 0 Å². The van der Waals surface area contributed by atoms with Crippen LogP contribution in [-0.4, -0.2) is 52.0 Å². The number of nitrogens with zero attached hydrogens (tertiary/aromatic N) is 1. The number of nitrogens with one attached hydrogen (secondary N) is 2. The van der Waals surface area contributed by atoms with E-state index in [-0.39, 0.29) is 0 Å². The van der Waals surface area contributed by atoms with Gasteiger partial charge in [-0.15, -0.1) is 0 Å². The first-order valence-corrected chi connectivity index (χ1v) is 10.0. The monoisotopic (exact) mass is 401 g/mol. The molecule has 0 radical (unpaired) electrons. The number of guanidine groups is 1. The van der Waals surface area contributed by atoms with E-state index >= 15 is 0 Å². The molecule has 0 unspecified atom stereocenters. The molecule has 146 valence electrons. The third-order valence-corrected chi connectivity index (χ3v) is 4.88. The van der Waals surface area contributed by atoms with E-state index in [1.807, 2.05) is 12.1 Å². The first-order chi connectivity index (χ1) is 12.7. The Balaban J connectivity index is 1.53. The highest BCUT2D eigenvalue weighted by Crippen LogP contribution is 2.21. The Labute approximate surface area is 166 Å². The Morgan fingerprint density at radius 1 is 1.19 bits per heavy atom. The number of benzene rings is 1. The van der Waals surface area contributed by atoms with Crippen LogP contribution in [0, 0.1) is 0 Å². The quantitative estimate of drug-likeness (QED) is 0.376. The second-order valence-corrected chi connectivity index (χ2v) is 7.14. The van der Waals surface area contributed by atoms with E-state index in [0.29, 0.717) is 11.1 Å². The third kappa shape index (κ3) is 8.12. The van der Waals surface area contributed by atoms with Crippen LogP contribution in [0.4, 0.5) is 0 Å². The van der Waals surface area contributed by atoms with Crippen LogP contribution >= 0.6 is 23.2 Å². The third-order valence-electron chi connectivity index (χ3n) is 4.29. The van der Waals surface area contributed by atoms with Gasteiger partial charge < -0.3 is 20.1 Å². The van der Waals surface area contributed by atoms with Gasteiger partial charge in [0.15, 0.2) is 5.96 Å². The summed E-state index contributed by atoms with van der Waals surface area (Å²) in [7, 11) is 1.78. The van der Waals surface area contributed by atoms with Gasteiger partial charge in [-0.1, -0.05) is 29.3 Å². The lowest BCUT2D eigenvalue weighted by atomic mass is 10.1. The maximum absolute atomic E-state index is 6.19. The summed E-state index contributed by atoms with van der Waals surface area (Å²) in [6.45, 7) is 4.08. The lowest BCUT2D eigenvalue weighted by Crippen LogP contribution is -2.38. The standard InChI is InChI=1S/C19H29Cl2N3O2/c1-22-19(24-10-3-11-26-17-7-12-25-13-8-17)23-9-2-4-15-5-6-16(20)14-18(15)21/h5-6,14,17H,2-4,7-13H2,1H3,(H2,22,23,24). The van der Waals surface area contributed by atoms with Gasteiger partial charge in [-0.3, -0.25) is 4.99 Å². The highest BCUT2D eigenvalue weighted by molar-refractivity contribution is 6.35. The minimum Gasteiger partial charge on any atom is -0.381 e. The molecule has 0 bridgehead atoms. The Hall–Kier alpha value is -1.01. The second-order valence-electron chi connectivity index (χ2n) is 6.30. The maximum Gasteiger partial charge on any atom is 0.190 e. The van der Waals surface area contributed by atoms with E-state index in [1.165, 1.54) is 0 Å².